The summed E-state index contributed by atoms with van der Waals surface area (Å²) in [6.45, 7) is 5.83. The highest BCUT2D eigenvalue weighted by Gasteiger charge is 2.14. The number of hydrogen-bond acceptors (Lipinski definition) is 5. The van der Waals surface area contributed by atoms with Crippen LogP contribution in [0.5, 0.6) is 0 Å². The van der Waals surface area contributed by atoms with Crippen LogP contribution in [-0.4, -0.2) is 28.1 Å². The Hall–Kier alpha value is -2.76. The molecular formula is C18H20N2O4. The van der Waals surface area contributed by atoms with Gasteiger partial charge in [-0.05, 0) is 43.5 Å². The minimum atomic E-state index is -0.725. The smallest absolute Gasteiger partial charge is 0.359 e. The largest absolute Gasteiger partial charge is 0.453 e. The number of carbonyl (C=O) groups excluding carboxylic acids is 2. The molecule has 6 heteroatoms. The second-order valence-electron chi connectivity index (χ2n) is 5.58. The molecule has 6 nitrogen and oxygen atoms in total. The lowest BCUT2D eigenvalue weighted by Crippen LogP contribution is -2.25. The molecule has 0 saturated carbocycles. The molecule has 0 radical (unpaired) electrons. The van der Waals surface area contributed by atoms with E-state index in [0.29, 0.717) is 12.1 Å². The Bertz CT molecular complexity index is 824. The summed E-state index contributed by atoms with van der Waals surface area (Å²) >= 11 is 0. The fourth-order valence-corrected chi connectivity index (χ4v) is 2.13. The average molecular weight is 328 g/mol. The minimum Gasteiger partial charge on any atom is -0.453 e. The molecule has 0 bridgehead atoms. The van der Waals surface area contributed by atoms with Crippen molar-refractivity contribution in [2.24, 2.45) is 0 Å². The monoisotopic (exact) mass is 328 g/mol. The Morgan fingerprint density at radius 1 is 1.12 bits per heavy atom. The third-order valence-electron chi connectivity index (χ3n) is 3.67. The lowest BCUT2D eigenvalue weighted by molar-refractivity contribution is 0.0466. The van der Waals surface area contributed by atoms with E-state index >= 15 is 0 Å². The van der Waals surface area contributed by atoms with E-state index in [1.165, 1.54) is 16.8 Å². The topological polar surface area (TPSA) is 78.3 Å². The van der Waals surface area contributed by atoms with Gasteiger partial charge in [0.2, 0.25) is 0 Å². The summed E-state index contributed by atoms with van der Waals surface area (Å²) in [6, 6.07) is 7.90. The van der Waals surface area contributed by atoms with Gasteiger partial charge in [0.05, 0.1) is 0 Å². The number of ether oxygens (including phenoxy) is 1. The van der Waals surface area contributed by atoms with E-state index in [1.807, 2.05) is 26.8 Å². The lowest BCUT2D eigenvalue weighted by Gasteiger charge is -2.07. The molecule has 0 aliphatic heterocycles. The van der Waals surface area contributed by atoms with Crippen LogP contribution in [0, 0.1) is 13.8 Å². The molecule has 1 aromatic carbocycles. The molecule has 1 heterocycles. The van der Waals surface area contributed by atoms with Gasteiger partial charge in [0, 0.05) is 18.2 Å². The highest BCUT2D eigenvalue weighted by Crippen LogP contribution is 2.10. The zero-order valence-electron chi connectivity index (χ0n) is 14.0. The number of carbonyl (C=O) groups is 2. The first-order valence-corrected chi connectivity index (χ1v) is 7.78. The summed E-state index contributed by atoms with van der Waals surface area (Å²) < 4.78 is 6.23. The number of aryl methyl sites for hydroxylation is 3. The molecule has 0 saturated heterocycles. The molecule has 0 amide bonds. The second-order valence-corrected chi connectivity index (χ2v) is 5.58. The molecule has 2 rings (SSSR count). The third kappa shape index (κ3) is 4.16. The average Bonchev–Trinajstić information content (AvgIpc) is 2.57. The first kappa shape index (κ1) is 17.6. The molecule has 0 N–H and O–H groups in total. The van der Waals surface area contributed by atoms with Crippen LogP contribution in [0.2, 0.25) is 0 Å². The van der Waals surface area contributed by atoms with Gasteiger partial charge in [-0.25, -0.2) is 9.48 Å². The van der Waals surface area contributed by atoms with Gasteiger partial charge in [-0.1, -0.05) is 19.1 Å². The Morgan fingerprint density at radius 3 is 2.54 bits per heavy atom. The van der Waals surface area contributed by atoms with Crippen molar-refractivity contribution in [1.29, 1.82) is 0 Å². The second kappa shape index (κ2) is 7.68. The highest BCUT2D eigenvalue weighted by atomic mass is 16.5. The van der Waals surface area contributed by atoms with Crippen LogP contribution >= 0.6 is 0 Å². The normalized spacial score (nSPS) is 10.5. The number of Topliss-reactive ketones (excluding diaryl/α,β-unsaturated/α-hetero) is 1. The molecule has 0 unspecified atom stereocenters. The number of hydrogen-bond donors (Lipinski definition) is 0. The fraction of sp³-hybridized carbons (Fsp3) is 0.333. The third-order valence-corrected chi connectivity index (χ3v) is 3.67. The first-order valence-electron chi connectivity index (χ1n) is 7.78. The van der Waals surface area contributed by atoms with Crippen LogP contribution in [-0.2, 0) is 11.3 Å². The van der Waals surface area contributed by atoms with Crippen molar-refractivity contribution in [3.05, 3.63) is 63.1 Å². The van der Waals surface area contributed by atoms with E-state index in [-0.39, 0.29) is 23.6 Å². The summed E-state index contributed by atoms with van der Waals surface area (Å²) in [4.78, 5) is 35.7. The fourth-order valence-electron chi connectivity index (χ4n) is 2.13. The van der Waals surface area contributed by atoms with Crippen molar-refractivity contribution in [3.8, 4) is 0 Å². The first-order chi connectivity index (χ1) is 11.4. The highest BCUT2D eigenvalue weighted by molar-refractivity contribution is 5.99. The predicted molar refractivity (Wildman–Crippen MR) is 89.3 cm³/mol. The number of rotatable bonds is 6. The van der Waals surface area contributed by atoms with E-state index < -0.39 is 5.97 Å². The zero-order chi connectivity index (χ0) is 17.7. The maximum atomic E-state index is 12.1. The molecule has 24 heavy (non-hydrogen) atoms. The number of nitrogens with zero attached hydrogens (tertiary/aromatic N) is 2. The van der Waals surface area contributed by atoms with Gasteiger partial charge in [-0.3, -0.25) is 9.59 Å². The lowest BCUT2D eigenvalue weighted by atomic mass is 10.0. The Morgan fingerprint density at radius 2 is 1.88 bits per heavy atom. The summed E-state index contributed by atoms with van der Waals surface area (Å²) in [6.07, 6.45) is 0.719. The van der Waals surface area contributed by atoms with Crippen molar-refractivity contribution < 1.29 is 14.3 Å². The van der Waals surface area contributed by atoms with Gasteiger partial charge in [-0.15, -0.1) is 0 Å². The van der Waals surface area contributed by atoms with Gasteiger partial charge in [0.25, 0.3) is 5.56 Å². The van der Waals surface area contributed by atoms with E-state index in [4.69, 9.17) is 4.74 Å². The maximum absolute atomic E-state index is 12.1. The molecule has 1 aromatic heterocycles. The van der Waals surface area contributed by atoms with E-state index in [9.17, 15) is 14.4 Å². The summed E-state index contributed by atoms with van der Waals surface area (Å²) in [5, 5.41) is 3.96. The Balaban J connectivity index is 2.04. The summed E-state index contributed by atoms with van der Waals surface area (Å²) in [5.41, 5.74) is 2.32. The standard InChI is InChI=1S/C18H20N2O4/c1-4-9-20-17(22)8-7-15(19-20)18(23)24-11-16(21)14-6-5-12(2)13(3)10-14/h5-8,10H,4,9,11H2,1-3H3. The van der Waals surface area contributed by atoms with Crippen molar-refractivity contribution >= 4 is 11.8 Å². The summed E-state index contributed by atoms with van der Waals surface area (Å²) in [7, 11) is 0. The van der Waals surface area contributed by atoms with E-state index in [1.54, 1.807) is 12.1 Å². The van der Waals surface area contributed by atoms with Gasteiger partial charge in [-0.2, -0.15) is 5.10 Å². The number of ketones is 1. The molecular weight excluding hydrogens is 308 g/mol. The van der Waals surface area contributed by atoms with Gasteiger partial charge < -0.3 is 4.74 Å². The Kier molecular flexibility index (Phi) is 5.63. The van der Waals surface area contributed by atoms with Gasteiger partial charge in [0.1, 0.15) is 0 Å². The van der Waals surface area contributed by atoms with Crippen molar-refractivity contribution in [3.63, 3.8) is 0 Å². The maximum Gasteiger partial charge on any atom is 0.359 e. The molecule has 0 aliphatic rings. The molecule has 0 spiro atoms. The van der Waals surface area contributed by atoms with Crippen LogP contribution in [0.1, 0.15) is 45.3 Å². The van der Waals surface area contributed by atoms with Crippen LogP contribution in [0.4, 0.5) is 0 Å². The van der Waals surface area contributed by atoms with Crippen LogP contribution in [0.25, 0.3) is 0 Å². The van der Waals surface area contributed by atoms with Crippen molar-refractivity contribution in [1.82, 2.24) is 9.78 Å². The van der Waals surface area contributed by atoms with Crippen molar-refractivity contribution in [2.45, 2.75) is 33.7 Å². The van der Waals surface area contributed by atoms with Gasteiger partial charge >= 0.3 is 5.97 Å². The molecule has 0 atom stereocenters. The molecule has 0 aliphatic carbocycles. The van der Waals surface area contributed by atoms with Crippen LogP contribution in [0.3, 0.4) is 0 Å². The molecule has 126 valence electrons. The SMILES string of the molecule is CCCn1nc(C(=O)OCC(=O)c2ccc(C)c(C)c2)ccc1=O. The van der Waals surface area contributed by atoms with E-state index in [2.05, 4.69) is 5.10 Å². The quantitative estimate of drug-likeness (QED) is 0.600. The number of aromatic nitrogens is 2. The van der Waals surface area contributed by atoms with Crippen LogP contribution in [0.15, 0.2) is 35.1 Å². The number of benzene rings is 1. The predicted octanol–water partition coefficient (Wildman–Crippen LogP) is 2.31. The summed E-state index contributed by atoms with van der Waals surface area (Å²) in [5.74, 6) is -1.01. The van der Waals surface area contributed by atoms with Gasteiger partial charge in [0.15, 0.2) is 18.1 Å². The molecule has 0 fully saturated rings. The Labute approximate surface area is 140 Å². The zero-order valence-corrected chi connectivity index (χ0v) is 14.0. The number of esters is 1. The van der Waals surface area contributed by atoms with Crippen molar-refractivity contribution in [2.75, 3.05) is 6.61 Å². The van der Waals surface area contributed by atoms with Crippen LogP contribution < -0.4 is 5.56 Å². The minimum absolute atomic E-state index is 0.0101. The molecule has 2 aromatic rings. The van der Waals surface area contributed by atoms with E-state index in [0.717, 1.165) is 17.5 Å².